The predicted octanol–water partition coefficient (Wildman–Crippen LogP) is 2.71. The van der Waals surface area contributed by atoms with E-state index in [1.807, 2.05) is 43.3 Å². The molecule has 19 heavy (non-hydrogen) atoms. The molecule has 0 amide bonds. The van der Waals surface area contributed by atoms with Crippen molar-refractivity contribution in [3.63, 3.8) is 0 Å². The Kier molecular flexibility index (Phi) is 4.58. The molecule has 0 saturated heterocycles. The average Bonchev–Trinajstić information content (AvgIpc) is 2.43. The Hall–Kier alpha value is -2.27. The van der Waals surface area contributed by atoms with Gasteiger partial charge in [-0.2, -0.15) is 5.10 Å². The summed E-state index contributed by atoms with van der Waals surface area (Å²) in [6.07, 6.45) is 5.11. The molecule has 4 nitrogen and oxygen atoms in total. The second-order valence-corrected chi connectivity index (χ2v) is 4.38. The molecule has 2 rings (SSSR count). The minimum atomic E-state index is 0.453. The molecular formula is C14H14N4S. The summed E-state index contributed by atoms with van der Waals surface area (Å²) < 4.78 is 0. The summed E-state index contributed by atoms with van der Waals surface area (Å²) in [5, 5.41) is 7.55. The number of pyridine rings is 1. The van der Waals surface area contributed by atoms with Crippen LogP contribution >= 0.6 is 12.2 Å². The van der Waals surface area contributed by atoms with Crippen LogP contribution in [-0.4, -0.2) is 16.3 Å². The molecule has 0 saturated carbocycles. The molecule has 0 aliphatic heterocycles. The average molecular weight is 270 g/mol. The van der Waals surface area contributed by atoms with Crippen molar-refractivity contribution in [1.29, 1.82) is 0 Å². The molecular weight excluding hydrogens is 256 g/mol. The van der Waals surface area contributed by atoms with Crippen LogP contribution < -0.4 is 10.7 Å². The summed E-state index contributed by atoms with van der Waals surface area (Å²) in [6.45, 7) is 2.04. The first kappa shape index (κ1) is 13.2. The fourth-order valence-corrected chi connectivity index (χ4v) is 1.58. The van der Waals surface area contributed by atoms with Gasteiger partial charge in [0.05, 0.1) is 6.21 Å². The third-order valence-electron chi connectivity index (χ3n) is 2.40. The van der Waals surface area contributed by atoms with E-state index in [2.05, 4.69) is 20.8 Å². The largest absolute Gasteiger partial charge is 0.331 e. The lowest BCUT2D eigenvalue weighted by atomic mass is 10.2. The number of hydrogen-bond donors (Lipinski definition) is 2. The molecule has 5 heteroatoms. The highest BCUT2D eigenvalue weighted by atomic mass is 32.1. The molecule has 2 N–H and O–H groups in total. The fourth-order valence-electron chi connectivity index (χ4n) is 1.41. The van der Waals surface area contributed by atoms with E-state index in [1.165, 1.54) is 5.56 Å². The Morgan fingerprint density at radius 2 is 1.84 bits per heavy atom. The summed E-state index contributed by atoms with van der Waals surface area (Å²) in [7, 11) is 0. The van der Waals surface area contributed by atoms with Crippen molar-refractivity contribution in [2.24, 2.45) is 5.10 Å². The van der Waals surface area contributed by atoms with E-state index in [1.54, 1.807) is 18.6 Å². The molecule has 0 spiro atoms. The van der Waals surface area contributed by atoms with Gasteiger partial charge in [0.15, 0.2) is 5.11 Å². The molecule has 2 aromatic rings. The van der Waals surface area contributed by atoms with Crippen molar-refractivity contribution >= 4 is 29.2 Å². The molecule has 0 aliphatic carbocycles. The van der Waals surface area contributed by atoms with Crippen LogP contribution in [0.3, 0.4) is 0 Å². The lowest BCUT2D eigenvalue weighted by molar-refractivity contribution is 1.05. The monoisotopic (exact) mass is 270 g/mol. The minimum absolute atomic E-state index is 0.453. The van der Waals surface area contributed by atoms with Gasteiger partial charge in [-0.1, -0.05) is 17.7 Å². The van der Waals surface area contributed by atoms with E-state index >= 15 is 0 Å². The number of hydrogen-bond acceptors (Lipinski definition) is 3. The number of aryl methyl sites for hydroxylation is 1. The first-order valence-electron chi connectivity index (χ1n) is 5.81. The number of hydrazone groups is 1. The van der Waals surface area contributed by atoms with E-state index in [4.69, 9.17) is 12.2 Å². The Balaban J connectivity index is 1.85. The van der Waals surface area contributed by atoms with Gasteiger partial charge in [0.1, 0.15) is 0 Å². The summed E-state index contributed by atoms with van der Waals surface area (Å²) in [5.41, 5.74) is 5.86. The van der Waals surface area contributed by atoms with Crippen molar-refractivity contribution in [1.82, 2.24) is 10.4 Å². The highest BCUT2D eigenvalue weighted by Crippen LogP contribution is 2.08. The highest BCUT2D eigenvalue weighted by Gasteiger charge is 1.95. The molecule has 1 aromatic heterocycles. The second kappa shape index (κ2) is 6.61. The zero-order valence-electron chi connectivity index (χ0n) is 10.5. The number of nitrogens with one attached hydrogen (secondary N) is 2. The SMILES string of the molecule is Cc1ccc(NC(=S)N/N=C\c2ccncc2)cc1. The van der Waals surface area contributed by atoms with Crippen LogP contribution in [0.15, 0.2) is 53.9 Å². The lowest BCUT2D eigenvalue weighted by Crippen LogP contribution is -2.23. The number of benzene rings is 1. The van der Waals surface area contributed by atoms with Gasteiger partial charge in [0.25, 0.3) is 0 Å². The van der Waals surface area contributed by atoms with Gasteiger partial charge >= 0.3 is 0 Å². The van der Waals surface area contributed by atoms with E-state index in [0.717, 1.165) is 11.3 Å². The molecule has 0 radical (unpaired) electrons. The smallest absolute Gasteiger partial charge is 0.191 e. The van der Waals surface area contributed by atoms with Gasteiger partial charge in [-0.15, -0.1) is 0 Å². The van der Waals surface area contributed by atoms with Crippen LogP contribution in [0.1, 0.15) is 11.1 Å². The second-order valence-electron chi connectivity index (χ2n) is 3.97. The number of aromatic nitrogens is 1. The highest BCUT2D eigenvalue weighted by molar-refractivity contribution is 7.80. The van der Waals surface area contributed by atoms with Crippen molar-refractivity contribution in [2.45, 2.75) is 6.92 Å². The summed E-state index contributed by atoms with van der Waals surface area (Å²) in [5.74, 6) is 0. The maximum absolute atomic E-state index is 5.14. The van der Waals surface area contributed by atoms with Crippen LogP contribution in [-0.2, 0) is 0 Å². The lowest BCUT2D eigenvalue weighted by Gasteiger charge is -2.06. The molecule has 1 heterocycles. The Morgan fingerprint density at radius 3 is 2.53 bits per heavy atom. The van der Waals surface area contributed by atoms with Gasteiger partial charge in [0.2, 0.25) is 0 Å². The quantitative estimate of drug-likeness (QED) is 0.511. The first-order valence-corrected chi connectivity index (χ1v) is 6.21. The Bertz CT molecular complexity index is 564. The maximum atomic E-state index is 5.14. The standard InChI is InChI=1S/C14H14N4S/c1-11-2-4-13(5-3-11)17-14(19)18-16-10-12-6-8-15-9-7-12/h2-10H,1H3,(H2,17,18,19)/b16-10-. The first-order chi connectivity index (χ1) is 9.24. The van der Waals surface area contributed by atoms with Crippen LogP contribution in [0, 0.1) is 6.92 Å². The van der Waals surface area contributed by atoms with Crippen LogP contribution in [0.2, 0.25) is 0 Å². The normalized spacial score (nSPS) is 10.4. The van der Waals surface area contributed by atoms with E-state index < -0.39 is 0 Å². The number of nitrogens with zero attached hydrogens (tertiary/aromatic N) is 2. The van der Waals surface area contributed by atoms with Gasteiger partial charge in [-0.05, 0) is 49.0 Å². The minimum Gasteiger partial charge on any atom is -0.331 e. The van der Waals surface area contributed by atoms with Crippen LogP contribution in [0.25, 0.3) is 0 Å². The van der Waals surface area contributed by atoms with E-state index in [9.17, 15) is 0 Å². The molecule has 0 unspecified atom stereocenters. The van der Waals surface area contributed by atoms with Crippen molar-refractivity contribution < 1.29 is 0 Å². The molecule has 96 valence electrons. The number of anilines is 1. The molecule has 0 atom stereocenters. The molecule has 0 aliphatic rings. The van der Waals surface area contributed by atoms with E-state index in [0.29, 0.717) is 5.11 Å². The Labute approximate surface area is 117 Å². The predicted molar refractivity (Wildman–Crippen MR) is 82.4 cm³/mol. The third-order valence-corrected chi connectivity index (χ3v) is 2.59. The fraction of sp³-hybridized carbons (Fsp3) is 0.0714. The van der Waals surface area contributed by atoms with Gasteiger partial charge in [-0.3, -0.25) is 10.4 Å². The summed E-state index contributed by atoms with van der Waals surface area (Å²) in [6, 6.07) is 11.7. The van der Waals surface area contributed by atoms with Gasteiger partial charge in [-0.25, -0.2) is 0 Å². The molecule has 0 fully saturated rings. The van der Waals surface area contributed by atoms with E-state index in [-0.39, 0.29) is 0 Å². The van der Waals surface area contributed by atoms with Crippen molar-refractivity contribution in [2.75, 3.05) is 5.32 Å². The van der Waals surface area contributed by atoms with Gasteiger partial charge in [0, 0.05) is 18.1 Å². The van der Waals surface area contributed by atoms with Gasteiger partial charge < -0.3 is 5.32 Å². The third kappa shape index (κ3) is 4.48. The summed E-state index contributed by atoms with van der Waals surface area (Å²) in [4.78, 5) is 3.93. The number of thiocarbonyl (C=S) groups is 1. The zero-order valence-corrected chi connectivity index (χ0v) is 11.3. The van der Waals surface area contributed by atoms with Crippen molar-refractivity contribution in [3.8, 4) is 0 Å². The van der Waals surface area contributed by atoms with Crippen LogP contribution in [0.4, 0.5) is 5.69 Å². The zero-order chi connectivity index (χ0) is 13.5. The van der Waals surface area contributed by atoms with Crippen molar-refractivity contribution in [3.05, 3.63) is 59.9 Å². The molecule has 1 aromatic carbocycles. The number of rotatable bonds is 3. The molecule has 0 bridgehead atoms. The Morgan fingerprint density at radius 1 is 1.16 bits per heavy atom. The van der Waals surface area contributed by atoms with Crippen LogP contribution in [0.5, 0.6) is 0 Å². The topological polar surface area (TPSA) is 49.3 Å². The maximum Gasteiger partial charge on any atom is 0.191 e. The summed E-state index contributed by atoms with van der Waals surface area (Å²) >= 11 is 5.14.